The van der Waals surface area contributed by atoms with Gasteiger partial charge in [0.2, 0.25) is 0 Å². The summed E-state index contributed by atoms with van der Waals surface area (Å²) in [5.74, 6) is 0.272. The van der Waals surface area contributed by atoms with E-state index in [0.717, 1.165) is 50.5 Å². The molecule has 0 spiro atoms. The maximum absolute atomic E-state index is 9.80. The minimum atomic E-state index is -0.212. The van der Waals surface area contributed by atoms with E-state index in [2.05, 4.69) is 31.2 Å². The Labute approximate surface area is 159 Å². The standard InChI is InChI=1S/C23H36O3/c1-2-3-11-15-21(24)16-13-10-8-6-4-5-7-9-12-14-20-17-22(25)19-23(26)18-20/h3,8,10-11,17-19,21,24-26H,2,4-7,9,12-16H2,1H3/t21-/m1/s1. The van der Waals surface area contributed by atoms with Gasteiger partial charge in [0.05, 0.1) is 6.10 Å². The lowest BCUT2D eigenvalue weighted by molar-refractivity contribution is 0.169. The Hall–Kier alpha value is -1.74. The molecular weight excluding hydrogens is 324 g/mol. The third kappa shape index (κ3) is 11.8. The largest absolute Gasteiger partial charge is 0.508 e. The van der Waals surface area contributed by atoms with Gasteiger partial charge in [0, 0.05) is 6.07 Å². The van der Waals surface area contributed by atoms with E-state index in [1.807, 2.05) is 0 Å². The molecule has 26 heavy (non-hydrogen) atoms. The Balaban J connectivity index is 1.95. The third-order valence-corrected chi connectivity index (χ3v) is 4.44. The molecule has 0 aliphatic carbocycles. The minimum Gasteiger partial charge on any atom is -0.508 e. The monoisotopic (exact) mass is 360 g/mol. The van der Waals surface area contributed by atoms with E-state index in [1.165, 1.54) is 31.7 Å². The van der Waals surface area contributed by atoms with Crippen molar-refractivity contribution in [3.8, 4) is 11.5 Å². The number of unbranched alkanes of at least 4 members (excludes halogenated alkanes) is 5. The zero-order chi connectivity index (χ0) is 19.0. The highest BCUT2D eigenvalue weighted by molar-refractivity contribution is 5.36. The van der Waals surface area contributed by atoms with Crippen LogP contribution in [0.5, 0.6) is 11.5 Å². The number of rotatable bonds is 14. The number of phenolic OH excluding ortho intramolecular Hbond substituents is 2. The van der Waals surface area contributed by atoms with Gasteiger partial charge in [0.1, 0.15) is 11.5 Å². The van der Waals surface area contributed by atoms with Crippen LogP contribution in [0.1, 0.15) is 76.7 Å². The molecule has 1 atom stereocenters. The van der Waals surface area contributed by atoms with Crippen molar-refractivity contribution in [2.45, 2.75) is 83.7 Å². The van der Waals surface area contributed by atoms with E-state index in [1.54, 1.807) is 12.1 Å². The van der Waals surface area contributed by atoms with Crippen molar-refractivity contribution < 1.29 is 15.3 Å². The first-order valence-electron chi connectivity index (χ1n) is 10.1. The fourth-order valence-corrected chi connectivity index (χ4v) is 2.98. The van der Waals surface area contributed by atoms with E-state index < -0.39 is 0 Å². The summed E-state index contributed by atoms with van der Waals surface area (Å²) in [4.78, 5) is 0. The molecule has 0 heterocycles. The lowest BCUT2D eigenvalue weighted by atomic mass is 10.0. The van der Waals surface area contributed by atoms with Crippen molar-refractivity contribution in [3.05, 3.63) is 48.1 Å². The molecule has 1 aromatic rings. The van der Waals surface area contributed by atoms with Crippen molar-refractivity contribution in [2.24, 2.45) is 0 Å². The van der Waals surface area contributed by atoms with Crippen LogP contribution >= 0.6 is 0 Å². The number of aromatic hydroxyl groups is 2. The number of phenols is 2. The lowest BCUT2D eigenvalue weighted by Crippen LogP contribution is -2.03. The highest BCUT2D eigenvalue weighted by atomic mass is 16.3. The Morgan fingerprint density at radius 2 is 1.46 bits per heavy atom. The highest BCUT2D eigenvalue weighted by Crippen LogP contribution is 2.22. The molecule has 0 bridgehead atoms. The van der Waals surface area contributed by atoms with Gasteiger partial charge in [-0.2, -0.15) is 0 Å². The zero-order valence-corrected chi connectivity index (χ0v) is 16.2. The van der Waals surface area contributed by atoms with Crippen molar-refractivity contribution >= 4 is 0 Å². The first-order chi connectivity index (χ1) is 12.6. The highest BCUT2D eigenvalue weighted by Gasteiger charge is 2.00. The molecule has 0 radical (unpaired) electrons. The van der Waals surface area contributed by atoms with Crippen LogP contribution in [0.3, 0.4) is 0 Å². The normalized spacial score (nSPS) is 13.0. The second-order valence-electron chi connectivity index (χ2n) is 6.98. The van der Waals surface area contributed by atoms with E-state index in [9.17, 15) is 15.3 Å². The Morgan fingerprint density at radius 1 is 0.808 bits per heavy atom. The molecule has 0 unspecified atom stereocenters. The number of aliphatic hydroxyl groups excluding tert-OH is 1. The van der Waals surface area contributed by atoms with Crippen molar-refractivity contribution in [1.82, 2.24) is 0 Å². The van der Waals surface area contributed by atoms with E-state index >= 15 is 0 Å². The summed E-state index contributed by atoms with van der Waals surface area (Å²) >= 11 is 0. The lowest BCUT2D eigenvalue weighted by Gasteiger charge is -2.05. The molecule has 0 fully saturated rings. The second kappa shape index (κ2) is 14.4. The summed E-state index contributed by atoms with van der Waals surface area (Å²) in [6, 6.07) is 4.81. The predicted molar refractivity (Wildman–Crippen MR) is 110 cm³/mol. The van der Waals surface area contributed by atoms with Crippen LogP contribution in [0.2, 0.25) is 0 Å². The van der Waals surface area contributed by atoms with Gasteiger partial charge in [-0.1, -0.05) is 50.5 Å². The molecule has 0 amide bonds. The summed E-state index contributed by atoms with van der Waals surface area (Å²) < 4.78 is 0. The van der Waals surface area contributed by atoms with Gasteiger partial charge < -0.3 is 15.3 Å². The minimum absolute atomic E-state index is 0.136. The van der Waals surface area contributed by atoms with Gasteiger partial charge in [-0.15, -0.1) is 0 Å². The van der Waals surface area contributed by atoms with Crippen molar-refractivity contribution in [1.29, 1.82) is 0 Å². The number of benzene rings is 1. The fourth-order valence-electron chi connectivity index (χ4n) is 2.98. The molecular formula is C23H36O3. The average molecular weight is 361 g/mol. The van der Waals surface area contributed by atoms with E-state index in [0.29, 0.717) is 0 Å². The number of aryl methyl sites for hydroxylation is 1. The topological polar surface area (TPSA) is 60.7 Å². The average Bonchev–Trinajstić information content (AvgIpc) is 2.59. The maximum Gasteiger partial charge on any atom is 0.119 e. The van der Waals surface area contributed by atoms with Crippen LogP contribution in [-0.4, -0.2) is 21.4 Å². The molecule has 0 saturated heterocycles. The van der Waals surface area contributed by atoms with Gasteiger partial charge in [0.15, 0.2) is 0 Å². The Kier molecular flexibility index (Phi) is 12.4. The Morgan fingerprint density at radius 3 is 2.19 bits per heavy atom. The zero-order valence-electron chi connectivity index (χ0n) is 16.2. The summed E-state index contributed by atoms with van der Waals surface area (Å²) in [5.41, 5.74) is 0.998. The molecule has 3 N–H and O–H groups in total. The van der Waals surface area contributed by atoms with Crippen LogP contribution in [0.15, 0.2) is 42.5 Å². The van der Waals surface area contributed by atoms with E-state index in [-0.39, 0.29) is 17.6 Å². The molecule has 1 aromatic carbocycles. The van der Waals surface area contributed by atoms with Gasteiger partial charge in [-0.3, -0.25) is 0 Å². The van der Waals surface area contributed by atoms with Crippen LogP contribution in [0, 0.1) is 0 Å². The number of allylic oxidation sites excluding steroid dienone is 3. The third-order valence-electron chi connectivity index (χ3n) is 4.44. The SMILES string of the molecule is CCC=CC[C@@H](O)CCC=CCCCCCCCc1cc(O)cc(O)c1. The molecule has 0 aliphatic heterocycles. The molecule has 1 rings (SSSR count). The Bertz CT molecular complexity index is 514. The number of aliphatic hydroxyl groups is 1. The predicted octanol–water partition coefficient (Wildman–Crippen LogP) is 6.03. The van der Waals surface area contributed by atoms with Gasteiger partial charge >= 0.3 is 0 Å². The maximum atomic E-state index is 9.80. The number of hydrogen-bond acceptors (Lipinski definition) is 3. The first-order valence-corrected chi connectivity index (χ1v) is 10.1. The molecule has 0 aromatic heterocycles. The second-order valence-corrected chi connectivity index (χ2v) is 6.98. The molecule has 3 heteroatoms. The van der Waals surface area contributed by atoms with Crippen LogP contribution in [0.4, 0.5) is 0 Å². The molecule has 0 aliphatic rings. The van der Waals surface area contributed by atoms with Gasteiger partial charge in [0.25, 0.3) is 0 Å². The van der Waals surface area contributed by atoms with Crippen LogP contribution in [-0.2, 0) is 6.42 Å². The summed E-state index contributed by atoms with van der Waals surface area (Å²) in [6.45, 7) is 2.10. The van der Waals surface area contributed by atoms with E-state index in [4.69, 9.17) is 0 Å². The summed E-state index contributed by atoms with van der Waals surface area (Å²) in [6.07, 6.45) is 20.0. The first kappa shape index (κ1) is 22.3. The van der Waals surface area contributed by atoms with Crippen molar-refractivity contribution in [2.75, 3.05) is 0 Å². The molecule has 3 nitrogen and oxygen atoms in total. The van der Waals surface area contributed by atoms with Gasteiger partial charge in [-0.25, -0.2) is 0 Å². The quantitative estimate of drug-likeness (QED) is 0.280. The fraction of sp³-hybridized carbons (Fsp3) is 0.565. The number of hydrogen-bond donors (Lipinski definition) is 3. The smallest absolute Gasteiger partial charge is 0.119 e. The summed E-state index contributed by atoms with van der Waals surface area (Å²) in [5, 5.41) is 28.7. The van der Waals surface area contributed by atoms with Crippen LogP contribution < -0.4 is 0 Å². The molecule has 0 saturated carbocycles. The molecule has 146 valence electrons. The summed E-state index contributed by atoms with van der Waals surface area (Å²) in [7, 11) is 0. The van der Waals surface area contributed by atoms with Crippen molar-refractivity contribution in [3.63, 3.8) is 0 Å². The van der Waals surface area contributed by atoms with Gasteiger partial charge in [-0.05, 0) is 69.1 Å². The van der Waals surface area contributed by atoms with Crippen LogP contribution in [0.25, 0.3) is 0 Å².